The molecule has 1 aliphatic heterocycles. The number of carbonyl (C=O) groups excluding carboxylic acids is 1. The van der Waals surface area contributed by atoms with Crippen LogP contribution in [0, 0.1) is 11.6 Å². The van der Waals surface area contributed by atoms with Gasteiger partial charge in [0.25, 0.3) is 0 Å². The molecule has 28 heavy (non-hydrogen) atoms. The summed E-state index contributed by atoms with van der Waals surface area (Å²) in [4.78, 5) is 32.4. The van der Waals surface area contributed by atoms with E-state index in [0.29, 0.717) is 16.9 Å². The molecule has 1 aromatic carbocycles. The highest BCUT2D eigenvalue weighted by atomic mass is 19.1. The summed E-state index contributed by atoms with van der Waals surface area (Å²) in [5.74, 6) is -5.33. The molecule has 0 saturated heterocycles. The Morgan fingerprint density at radius 2 is 1.96 bits per heavy atom. The van der Waals surface area contributed by atoms with Gasteiger partial charge in [-0.15, -0.1) is 0 Å². The predicted molar refractivity (Wildman–Crippen MR) is 96.3 cm³/mol. The summed E-state index contributed by atoms with van der Waals surface area (Å²) in [7, 11) is 0. The Balaban J connectivity index is 1.77. The van der Waals surface area contributed by atoms with Gasteiger partial charge in [0.05, 0.1) is 17.0 Å². The molecule has 0 saturated carbocycles. The molecule has 0 aliphatic carbocycles. The van der Waals surface area contributed by atoms with E-state index in [-0.39, 0.29) is 6.54 Å². The summed E-state index contributed by atoms with van der Waals surface area (Å²) in [6.07, 6.45) is 4.87. The van der Waals surface area contributed by atoms with Crippen molar-refractivity contribution in [3.8, 4) is 11.1 Å². The molecule has 0 bridgehead atoms. The van der Waals surface area contributed by atoms with Crippen molar-refractivity contribution in [1.82, 2.24) is 9.97 Å². The molecule has 1 unspecified atom stereocenters. The second kappa shape index (κ2) is 6.80. The Morgan fingerprint density at radius 3 is 2.68 bits per heavy atom. The highest BCUT2D eigenvalue weighted by Crippen LogP contribution is 2.36. The van der Waals surface area contributed by atoms with Gasteiger partial charge in [-0.05, 0) is 24.3 Å². The third-order valence-corrected chi connectivity index (χ3v) is 4.65. The summed E-state index contributed by atoms with van der Waals surface area (Å²) in [6.45, 7) is 0.105. The van der Waals surface area contributed by atoms with Crippen LogP contribution in [-0.2, 0) is 0 Å². The minimum absolute atomic E-state index is 0.105. The number of anilines is 1. The van der Waals surface area contributed by atoms with Gasteiger partial charge in [0.15, 0.2) is 11.6 Å². The fourth-order valence-corrected chi connectivity index (χ4v) is 3.25. The van der Waals surface area contributed by atoms with E-state index in [2.05, 4.69) is 15.3 Å². The third-order valence-electron chi connectivity index (χ3n) is 4.65. The number of benzene rings is 1. The largest absolute Gasteiger partial charge is 0.478 e. The first-order chi connectivity index (χ1) is 13.5. The van der Waals surface area contributed by atoms with Crippen molar-refractivity contribution >= 4 is 17.6 Å². The van der Waals surface area contributed by atoms with Crippen molar-refractivity contribution in [2.24, 2.45) is 0 Å². The lowest BCUT2D eigenvalue weighted by molar-refractivity contribution is 0.0691. The van der Waals surface area contributed by atoms with Crippen molar-refractivity contribution in [1.29, 1.82) is 0 Å². The highest BCUT2D eigenvalue weighted by Gasteiger charge is 2.34. The summed E-state index contributed by atoms with van der Waals surface area (Å²) in [5.41, 5.74) is 0.366. The number of fused-ring (bicyclic) bond motifs is 1. The quantitative estimate of drug-likeness (QED) is 0.672. The SMILES string of the molecule is O=C(O)c1ccc(F)c(C(=O)C2CNc3ncc(-c4cccnc4)cc32)c1F. The van der Waals surface area contributed by atoms with E-state index in [1.54, 1.807) is 30.7 Å². The molecule has 4 rings (SSSR count). The van der Waals surface area contributed by atoms with Gasteiger partial charge >= 0.3 is 5.97 Å². The first kappa shape index (κ1) is 17.7. The maximum atomic E-state index is 14.5. The van der Waals surface area contributed by atoms with Crippen LogP contribution in [0.2, 0.25) is 0 Å². The zero-order valence-electron chi connectivity index (χ0n) is 14.3. The first-order valence-corrected chi connectivity index (χ1v) is 8.37. The van der Waals surface area contributed by atoms with Crippen LogP contribution in [0.4, 0.5) is 14.6 Å². The van der Waals surface area contributed by atoms with Gasteiger partial charge in [-0.3, -0.25) is 9.78 Å². The molecule has 3 heterocycles. The van der Waals surface area contributed by atoms with E-state index in [1.807, 2.05) is 6.07 Å². The molecule has 2 aromatic heterocycles. The van der Waals surface area contributed by atoms with E-state index in [0.717, 1.165) is 17.7 Å². The van der Waals surface area contributed by atoms with Gasteiger partial charge in [-0.25, -0.2) is 18.6 Å². The summed E-state index contributed by atoms with van der Waals surface area (Å²) in [6, 6.07) is 6.88. The molecule has 6 nitrogen and oxygen atoms in total. The zero-order valence-corrected chi connectivity index (χ0v) is 14.3. The van der Waals surface area contributed by atoms with Crippen molar-refractivity contribution in [2.75, 3.05) is 11.9 Å². The normalized spacial score (nSPS) is 15.0. The van der Waals surface area contributed by atoms with Crippen LogP contribution in [0.3, 0.4) is 0 Å². The minimum atomic E-state index is -1.57. The minimum Gasteiger partial charge on any atom is -0.478 e. The van der Waals surface area contributed by atoms with E-state index >= 15 is 0 Å². The lowest BCUT2D eigenvalue weighted by Crippen LogP contribution is -2.19. The molecule has 2 N–H and O–H groups in total. The third kappa shape index (κ3) is 2.88. The Kier molecular flexibility index (Phi) is 4.31. The van der Waals surface area contributed by atoms with Crippen LogP contribution in [-0.4, -0.2) is 33.4 Å². The number of carboxylic acids is 1. The summed E-state index contributed by atoms with van der Waals surface area (Å²) < 4.78 is 28.7. The van der Waals surface area contributed by atoms with Gasteiger partial charge in [0, 0.05) is 41.8 Å². The highest BCUT2D eigenvalue weighted by molar-refractivity contribution is 6.05. The number of rotatable bonds is 4. The number of Topliss-reactive ketones (excluding diaryl/α,β-unsaturated/α-hetero) is 1. The first-order valence-electron chi connectivity index (χ1n) is 8.37. The molecular formula is C20H13F2N3O3. The Hall–Kier alpha value is -3.68. The van der Waals surface area contributed by atoms with Gasteiger partial charge in [-0.2, -0.15) is 0 Å². The summed E-state index contributed by atoms with van der Waals surface area (Å²) >= 11 is 0. The second-order valence-electron chi connectivity index (χ2n) is 6.29. The summed E-state index contributed by atoms with van der Waals surface area (Å²) in [5, 5.41) is 12.0. The van der Waals surface area contributed by atoms with Gasteiger partial charge in [0.1, 0.15) is 11.6 Å². The molecule has 0 amide bonds. The molecule has 3 aromatic rings. The van der Waals surface area contributed by atoms with Crippen LogP contribution in [0.1, 0.15) is 32.2 Å². The topological polar surface area (TPSA) is 92.2 Å². The van der Waals surface area contributed by atoms with E-state index in [1.165, 1.54) is 0 Å². The van der Waals surface area contributed by atoms with Crippen molar-refractivity contribution in [2.45, 2.75) is 5.92 Å². The number of halogens is 2. The second-order valence-corrected chi connectivity index (χ2v) is 6.29. The van der Waals surface area contributed by atoms with Gasteiger partial charge in [-0.1, -0.05) is 6.07 Å². The monoisotopic (exact) mass is 381 g/mol. The Morgan fingerprint density at radius 1 is 1.14 bits per heavy atom. The Labute approximate surface area is 157 Å². The van der Waals surface area contributed by atoms with Crippen molar-refractivity contribution < 1.29 is 23.5 Å². The maximum absolute atomic E-state index is 14.5. The molecule has 0 spiro atoms. The average Bonchev–Trinajstić information content (AvgIpc) is 3.11. The molecule has 0 radical (unpaired) electrons. The van der Waals surface area contributed by atoms with Crippen LogP contribution >= 0.6 is 0 Å². The fourth-order valence-electron chi connectivity index (χ4n) is 3.25. The van der Waals surface area contributed by atoms with Crippen LogP contribution in [0.25, 0.3) is 11.1 Å². The number of ketones is 1. The number of carbonyl (C=O) groups is 2. The number of nitrogens with zero attached hydrogens (tertiary/aromatic N) is 2. The smallest absolute Gasteiger partial charge is 0.338 e. The zero-order chi connectivity index (χ0) is 19.8. The molecule has 0 fully saturated rings. The maximum Gasteiger partial charge on any atom is 0.338 e. The lowest BCUT2D eigenvalue weighted by atomic mass is 9.90. The van der Waals surface area contributed by atoms with E-state index in [9.17, 15) is 18.4 Å². The molecule has 1 aliphatic rings. The van der Waals surface area contributed by atoms with Gasteiger partial charge in [0.2, 0.25) is 0 Å². The average molecular weight is 381 g/mol. The molecule has 8 heteroatoms. The molecular weight excluding hydrogens is 368 g/mol. The van der Waals surface area contributed by atoms with Crippen LogP contribution < -0.4 is 5.32 Å². The number of aromatic nitrogens is 2. The fraction of sp³-hybridized carbons (Fsp3) is 0.100. The Bertz CT molecular complexity index is 1100. The number of hydrogen-bond acceptors (Lipinski definition) is 5. The predicted octanol–water partition coefficient (Wildman–Crippen LogP) is 3.51. The lowest BCUT2D eigenvalue weighted by Gasteiger charge is -2.12. The van der Waals surface area contributed by atoms with Crippen LogP contribution in [0.15, 0.2) is 48.9 Å². The number of pyridine rings is 2. The number of nitrogens with one attached hydrogen (secondary N) is 1. The molecule has 140 valence electrons. The van der Waals surface area contributed by atoms with E-state index < -0.39 is 40.4 Å². The molecule has 1 atom stereocenters. The number of carboxylic acid groups (broad SMARTS) is 1. The van der Waals surface area contributed by atoms with Crippen molar-refractivity contribution in [3.63, 3.8) is 0 Å². The van der Waals surface area contributed by atoms with Crippen molar-refractivity contribution in [3.05, 3.63) is 77.2 Å². The van der Waals surface area contributed by atoms with Crippen LogP contribution in [0.5, 0.6) is 0 Å². The standard InChI is InChI=1S/C20H13F2N3O3/c21-15-4-3-12(20(27)28)17(22)16(15)18(26)14-9-25-19-13(14)6-11(8-24-19)10-2-1-5-23-7-10/h1-8,14H,9H2,(H,24,25)(H,27,28). The number of aromatic carboxylic acids is 1. The van der Waals surface area contributed by atoms with E-state index in [4.69, 9.17) is 5.11 Å². The van der Waals surface area contributed by atoms with Gasteiger partial charge < -0.3 is 10.4 Å². The number of hydrogen-bond donors (Lipinski definition) is 2.